The molecular weight excluding hydrogens is 534 g/mol. The average molecular weight is 580 g/mol. The van der Waals surface area contributed by atoms with Crippen LogP contribution in [0.15, 0.2) is 49.7 Å². The number of aliphatic carboxylic acids is 1. The fourth-order valence-corrected chi connectivity index (χ4v) is 4.45. The Morgan fingerprint density at radius 3 is 2.50 bits per heavy atom. The molecule has 1 aromatic carbocycles. The zero-order valence-corrected chi connectivity index (χ0v) is 25.2. The van der Waals surface area contributed by atoms with Crippen LogP contribution in [-0.4, -0.2) is 63.5 Å². The number of nitrogens with zero attached hydrogens (tertiary/aromatic N) is 2. The predicted molar refractivity (Wildman–Crippen MR) is 165 cm³/mol. The van der Waals surface area contributed by atoms with Crippen LogP contribution >= 0.6 is 0 Å². The number of carboxylic acids is 1. The quantitative estimate of drug-likeness (QED) is 0.220. The second-order valence-corrected chi connectivity index (χ2v) is 10.7. The summed E-state index contributed by atoms with van der Waals surface area (Å²) in [6.07, 6.45) is 9.15. The summed E-state index contributed by atoms with van der Waals surface area (Å²) in [6.45, 7) is 15.0. The van der Waals surface area contributed by atoms with Crippen molar-refractivity contribution in [3.8, 4) is 0 Å². The summed E-state index contributed by atoms with van der Waals surface area (Å²) < 4.78 is 0. The molecule has 3 atom stereocenters. The average Bonchev–Trinajstić information content (AvgIpc) is 2.99. The van der Waals surface area contributed by atoms with Gasteiger partial charge in [-0.1, -0.05) is 51.6 Å². The van der Waals surface area contributed by atoms with Crippen molar-refractivity contribution in [3.63, 3.8) is 0 Å². The van der Waals surface area contributed by atoms with Gasteiger partial charge in [0.2, 0.25) is 11.8 Å². The summed E-state index contributed by atoms with van der Waals surface area (Å²) in [6, 6.07) is 6.12. The second kappa shape index (κ2) is 17.0. The molecule has 10 heteroatoms. The SMILES string of the molecule is C=CCCCC(=O)NC(C(=O)NC(C)C(=O)N1CCCC(C(=O)O)N1)C(C)C.C=Cc1cc2cc(CC)ccc2cn1. The first-order chi connectivity index (χ1) is 20.0. The number of amides is 3. The minimum atomic E-state index is -1.02. The van der Waals surface area contributed by atoms with Gasteiger partial charge in [0.15, 0.2) is 0 Å². The van der Waals surface area contributed by atoms with Crippen molar-refractivity contribution in [1.29, 1.82) is 0 Å². The predicted octanol–water partition coefficient (Wildman–Crippen LogP) is 4.01. The Hall–Kier alpha value is -4.05. The van der Waals surface area contributed by atoms with Gasteiger partial charge in [0.05, 0.1) is 5.69 Å². The maximum atomic E-state index is 12.6. The third kappa shape index (κ3) is 10.4. The molecule has 1 aliphatic heterocycles. The molecule has 0 spiro atoms. The molecule has 1 aliphatic rings. The normalized spacial score (nSPS) is 16.0. The molecule has 3 rings (SSSR count). The van der Waals surface area contributed by atoms with Crippen molar-refractivity contribution in [2.75, 3.05) is 6.54 Å². The number of hydrogen-bond acceptors (Lipinski definition) is 6. The van der Waals surface area contributed by atoms with Gasteiger partial charge >= 0.3 is 5.97 Å². The van der Waals surface area contributed by atoms with Gasteiger partial charge in [-0.15, -0.1) is 6.58 Å². The number of unbranched alkanes of at least 4 members (excludes halogenated alkanes) is 1. The standard InChI is InChI=1S/C19H32N4O5.C13H13N/c1-5-6-7-10-15(24)21-16(12(2)3)17(25)20-13(4)18(26)23-11-8-9-14(22-23)19(27)28;1-3-10-5-6-11-9-14-13(4-2)8-12(11)7-10/h5,12-14,16,22H,1,6-11H2,2-4H3,(H,20,25)(H,21,24)(H,27,28);4-9H,2-3H2,1H3. The summed E-state index contributed by atoms with van der Waals surface area (Å²) in [5.74, 6) is -2.26. The Labute approximate surface area is 248 Å². The lowest BCUT2D eigenvalue weighted by Gasteiger charge is -2.34. The molecule has 0 saturated carbocycles. The number of fused-ring (bicyclic) bond motifs is 1. The molecule has 1 aromatic heterocycles. The molecule has 1 fully saturated rings. The van der Waals surface area contributed by atoms with Crippen LogP contribution in [0.2, 0.25) is 0 Å². The number of aryl methyl sites for hydroxylation is 1. The number of nitrogens with one attached hydrogen (secondary N) is 3. The number of aromatic nitrogens is 1. The lowest BCUT2D eigenvalue weighted by molar-refractivity contribution is -0.148. The van der Waals surface area contributed by atoms with Crippen LogP contribution in [-0.2, 0) is 25.6 Å². The number of carbonyl (C=O) groups is 4. The molecule has 3 unspecified atom stereocenters. The Balaban J connectivity index is 0.000000363. The first kappa shape index (κ1) is 34.2. The lowest BCUT2D eigenvalue weighted by atomic mass is 10.0. The minimum absolute atomic E-state index is 0.157. The van der Waals surface area contributed by atoms with Gasteiger partial charge in [-0.25, -0.2) is 5.43 Å². The van der Waals surface area contributed by atoms with Crippen molar-refractivity contribution < 1.29 is 24.3 Å². The van der Waals surface area contributed by atoms with Crippen molar-refractivity contribution in [3.05, 3.63) is 61.0 Å². The van der Waals surface area contributed by atoms with Crippen LogP contribution in [0.4, 0.5) is 0 Å². The van der Waals surface area contributed by atoms with Gasteiger partial charge in [-0.05, 0) is 68.0 Å². The molecule has 228 valence electrons. The third-order valence-electron chi connectivity index (χ3n) is 6.98. The molecule has 2 heterocycles. The van der Waals surface area contributed by atoms with Gasteiger partial charge in [0.1, 0.15) is 18.1 Å². The van der Waals surface area contributed by atoms with Crippen molar-refractivity contribution in [2.45, 2.75) is 84.3 Å². The zero-order valence-electron chi connectivity index (χ0n) is 25.2. The van der Waals surface area contributed by atoms with E-state index in [9.17, 15) is 19.2 Å². The first-order valence-electron chi connectivity index (χ1n) is 14.5. The fraction of sp³-hybridized carbons (Fsp3) is 0.469. The van der Waals surface area contributed by atoms with Crippen LogP contribution in [0.25, 0.3) is 16.8 Å². The summed E-state index contributed by atoms with van der Waals surface area (Å²) in [5.41, 5.74) is 4.97. The highest BCUT2D eigenvalue weighted by Crippen LogP contribution is 2.17. The topological polar surface area (TPSA) is 141 Å². The smallest absolute Gasteiger partial charge is 0.322 e. The number of rotatable bonds is 12. The molecule has 0 aliphatic carbocycles. The third-order valence-corrected chi connectivity index (χ3v) is 6.98. The highest BCUT2D eigenvalue weighted by atomic mass is 16.4. The van der Waals surface area contributed by atoms with Crippen LogP contribution in [0.5, 0.6) is 0 Å². The Bertz CT molecular complexity index is 1260. The van der Waals surface area contributed by atoms with E-state index in [1.54, 1.807) is 12.2 Å². The second-order valence-electron chi connectivity index (χ2n) is 10.7. The molecule has 2 aromatic rings. The molecule has 10 nitrogen and oxygen atoms in total. The van der Waals surface area contributed by atoms with Crippen molar-refractivity contribution in [2.24, 2.45) is 5.92 Å². The maximum Gasteiger partial charge on any atom is 0.322 e. The molecule has 4 N–H and O–H groups in total. The van der Waals surface area contributed by atoms with E-state index < -0.39 is 35.9 Å². The summed E-state index contributed by atoms with van der Waals surface area (Å²) in [4.78, 5) is 52.6. The van der Waals surface area contributed by atoms with Crippen molar-refractivity contribution in [1.82, 2.24) is 26.1 Å². The summed E-state index contributed by atoms with van der Waals surface area (Å²) in [7, 11) is 0. The fourth-order valence-electron chi connectivity index (χ4n) is 4.45. The van der Waals surface area contributed by atoms with Gasteiger partial charge < -0.3 is 15.7 Å². The number of pyridine rings is 1. The van der Waals surface area contributed by atoms with E-state index >= 15 is 0 Å². The zero-order chi connectivity index (χ0) is 31.2. The molecule has 0 radical (unpaired) electrons. The van der Waals surface area contributed by atoms with E-state index in [1.165, 1.54) is 28.3 Å². The van der Waals surface area contributed by atoms with Gasteiger partial charge in [-0.2, -0.15) is 0 Å². The molecular formula is C32H45N5O5. The Kier molecular flexibility index (Phi) is 13.9. The van der Waals surface area contributed by atoms with E-state index in [4.69, 9.17) is 5.11 Å². The van der Waals surface area contributed by atoms with Gasteiger partial charge in [-0.3, -0.25) is 29.2 Å². The lowest BCUT2D eigenvalue weighted by Crippen LogP contribution is -2.60. The van der Waals surface area contributed by atoms with Crippen LogP contribution in [0, 0.1) is 5.92 Å². The highest BCUT2D eigenvalue weighted by Gasteiger charge is 2.32. The number of benzene rings is 1. The van der Waals surface area contributed by atoms with Gasteiger partial charge in [0.25, 0.3) is 5.91 Å². The minimum Gasteiger partial charge on any atom is -0.480 e. The van der Waals surface area contributed by atoms with E-state index in [0.717, 1.165) is 18.5 Å². The van der Waals surface area contributed by atoms with Gasteiger partial charge in [0, 0.05) is 24.5 Å². The van der Waals surface area contributed by atoms with Crippen LogP contribution < -0.4 is 16.1 Å². The van der Waals surface area contributed by atoms with Crippen molar-refractivity contribution >= 4 is 40.5 Å². The van der Waals surface area contributed by atoms with E-state index in [0.29, 0.717) is 32.2 Å². The maximum absolute atomic E-state index is 12.6. The summed E-state index contributed by atoms with van der Waals surface area (Å²) in [5, 5.41) is 18.1. The van der Waals surface area contributed by atoms with E-state index in [2.05, 4.69) is 65.4 Å². The Morgan fingerprint density at radius 1 is 1.14 bits per heavy atom. The first-order valence-corrected chi connectivity index (χ1v) is 14.5. The number of allylic oxidation sites excluding steroid dienone is 1. The molecule has 42 heavy (non-hydrogen) atoms. The Morgan fingerprint density at radius 2 is 1.88 bits per heavy atom. The van der Waals surface area contributed by atoms with Crippen LogP contribution in [0.1, 0.15) is 71.1 Å². The largest absolute Gasteiger partial charge is 0.480 e. The number of hydrogen-bond donors (Lipinski definition) is 4. The highest BCUT2D eigenvalue weighted by molar-refractivity contribution is 5.92. The monoisotopic (exact) mass is 579 g/mol. The molecule has 1 saturated heterocycles. The molecule has 0 bridgehead atoms. The number of hydrazine groups is 1. The van der Waals surface area contributed by atoms with Crippen LogP contribution in [0.3, 0.4) is 0 Å². The van der Waals surface area contributed by atoms with E-state index in [1.807, 2.05) is 20.0 Å². The summed E-state index contributed by atoms with van der Waals surface area (Å²) >= 11 is 0. The molecule has 3 amide bonds. The number of carbonyl (C=O) groups excluding carboxylic acids is 3. The number of carboxylic acid groups (broad SMARTS) is 1. The van der Waals surface area contributed by atoms with E-state index in [-0.39, 0.29) is 11.8 Å².